The molecule has 0 N–H and O–H groups in total. The SMILES string of the molecule is CCN(Cc1ccc(N(C)C)cc1)C(=O)CCc1nc(-c2ccc(F)cc2)no1. The van der Waals surface area contributed by atoms with Crippen LogP contribution in [0.4, 0.5) is 10.1 Å². The molecule has 0 spiro atoms. The molecule has 7 heteroatoms. The van der Waals surface area contributed by atoms with Crippen molar-refractivity contribution in [2.45, 2.75) is 26.3 Å². The Hall–Kier alpha value is -3.22. The quantitative estimate of drug-likeness (QED) is 0.577. The van der Waals surface area contributed by atoms with Gasteiger partial charge in [-0.25, -0.2) is 4.39 Å². The summed E-state index contributed by atoms with van der Waals surface area (Å²) in [7, 11) is 3.99. The van der Waals surface area contributed by atoms with E-state index in [1.165, 1.54) is 12.1 Å². The maximum Gasteiger partial charge on any atom is 0.227 e. The van der Waals surface area contributed by atoms with E-state index in [0.717, 1.165) is 11.3 Å². The normalized spacial score (nSPS) is 10.8. The number of amides is 1. The molecule has 1 amide bonds. The second kappa shape index (κ2) is 9.32. The Balaban J connectivity index is 1.56. The van der Waals surface area contributed by atoms with E-state index in [1.54, 1.807) is 12.1 Å². The van der Waals surface area contributed by atoms with Gasteiger partial charge in [-0.1, -0.05) is 17.3 Å². The van der Waals surface area contributed by atoms with Crippen LogP contribution in [0.3, 0.4) is 0 Å². The van der Waals surface area contributed by atoms with E-state index in [9.17, 15) is 9.18 Å². The summed E-state index contributed by atoms with van der Waals surface area (Å²) in [6.07, 6.45) is 0.651. The predicted molar refractivity (Wildman–Crippen MR) is 110 cm³/mol. The number of hydrogen-bond donors (Lipinski definition) is 0. The van der Waals surface area contributed by atoms with Crippen LogP contribution < -0.4 is 4.90 Å². The molecule has 3 rings (SSSR count). The molecule has 1 heterocycles. The van der Waals surface area contributed by atoms with Crippen molar-refractivity contribution in [2.75, 3.05) is 25.5 Å². The van der Waals surface area contributed by atoms with Gasteiger partial charge in [0.15, 0.2) is 0 Å². The first-order valence-corrected chi connectivity index (χ1v) is 9.59. The molecule has 0 saturated carbocycles. The lowest BCUT2D eigenvalue weighted by atomic mass is 10.1. The molecule has 0 aliphatic heterocycles. The number of carbonyl (C=O) groups excluding carboxylic acids is 1. The highest BCUT2D eigenvalue weighted by molar-refractivity contribution is 5.76. The Labute approximate surface area is 169 Å². The van der Waals surface area contributed by atoms with Gasteiger partial charge in [0.1, 0.15) is 5.82 Å². The number of anilines is 1. The molecular weight excluding hydrogens is 371 g/mol. The molecule has 152 valence electrons. The molecule has 2 aromatic carbocycles. The van der Waals surface area contributed by atoms with Crippen molar-refractivity contribution >= 4 is 11.6 Å². The number of nitrogens with zero attached hydrogens (tertiary/aromatic N) is 4. The molecule has 0 aliphatic carbocycles. The van der Waals surface area contributed by atoms with Gasteiger partial charge in [-0.15, -0.1) is 0 Å². The van der Waals surface area contributed by atoms with E-state index in [4.69, 9.17) is 4.52 Å². The molecule has 0 fully saturated rings. The average Bonchev–Trinajstić information content (AvgIpc) is 3.20. The summed E-state index contributed by atoms with van der Waals surface area (Å²) in [4.78, 5) is 20.8. The third-order valence-corrected chi connectivity index (χ3v) is 4.68. The first kappa shape index (κ1) is 20.5. The highest BCUT2D eigenvalue weighted by atomic mass is 19.1. The summed E-state index contributed by atoms with van der Waals surface area (Å²) >= 11 is 0. The molecule has 0 unspecified atom stereocenters. The summed E-state index contributed by atoms with van der Waals surface area (Å²) in [6.45, 7) is 3.15. The zero-order chi connectivity index (χ0) is 20.8. The van der Waals surface area contributed by atoms with Gasteiger partial charge in [0.25, 0.3) is 0 Å². The van der Waals surface area contributed by atoms with Gasteiger partial charge in [-0.3, -0.25) is 4.79 Å². The fraction of sp³-hybridized carbons (Fsp3) is 0.318. The van der Waals surface area contributed by atoms with Gasteiger partial charge in [-0.2, -0.15) is 4.98 Å². The molecule has 3 aromatic rings. The summed E-state index contributed by atoms with van der Waals surface area (Å²) in [5.41, 5.74) is 2.88. The second-order valence-electron chi connectivity index (χ2n) is 6.99. The van der Waals surface area contributed by atoms with E-state index in [-0.39, 0.29) is 18.1 Å². The van der Waals surface area contributed by atoms with Crippen LogP contribution >= 0.6 is 0 Å². The minimum atomic E-state index is -0.320. The van der Waals surface area contributed by atoms with Gasteiger partial charge in [0.05, 0.1) is 0 Å². The Morgan fingerprint density at radius 1 is 1.07 bits per heavy atom. The molecule has 0 atom stereocenters. The number of carbonyl (C=O) groups is 1. The molecule has 0 saturated heterocycles. The monoisotopic (exact) mass is 396 g/mol. The lowest BCUT2D eigenvalue weighted by molar-refractivity contribution is -0.131. The van der Waals surface area contributed by atoms with Gasteiger partial charge in [0, 0.05) is 51.3 Å². The number of aromatic nitrogens is 2. The van der Waals surface area contributed by atoms with Crippen molar-refractivity contribution in [1.82, 2.24) is 15.0 Å². The third kappa shape index (κ3) is 5.40. The smallest absolute Gasteiger partial charge is 0.227 e. The van der Waals surface area contributed by atoms with Gasteiger partial charge < -0.3 is 14.3 Å². The van der Waals surface area contributed by atoms with Gasteiger partial charge in [0.2, 0.25) is 17.6 Å². The van der Waals surface area contributed by atoms with Crippen molar-refractivity contribution in [1.29, 1.82) is 0 Å². The van der Waals surface area contributed by atoms with Crippen LogP contribution in [0.25, 0.3) is 11.4 Å². The second-order valence-corrected chi connectivity index (χ2v) is 6.99. The molecule has 0 aliphatic rings. The van der Waals surface area contributed by atoms with Crippen LogP contribution in [0.1, 0.15) is 24.8 Å². The standard InChI is InChI=1S/C22H25FN4O2/c1-4-27(15-16-5-11-19(12-6-16)26(2)3)21(28)14-13-20-24-22(25-29-20)17-7-9-18(23)10-8-17/h5-12H,4,13-15H2,1-3H3. The Morgan fingerprint density at radius 3 is 2.38 bits per heavy atom. The fourth-order valence-electron chi connectivity index (χ4n) is 2.94. The largest absolute Gasteiger partial charge is 0.378 e. The Kier molecular flexibility index (Phi) is 6.59. The first-order chi connectivity index (χ1) is 14.0. The average molecular weight is 396 g/mol. The van der Waals surface area contributed by atoms with Crippen LogP contribution in [-0.4, -0.2) is 41.6 Å². The molecule has 0 bridgehead atoms. The fourth-order valence-corrected chi connectivity index (χ4v) is 2.94. The summed E-state index contributed by atoms with van der Waals surface area (Å²) in [6, 6.07) is 14.0. The summed E-state index contributed by atoms with van der Waals surface area (Å²) in [5, 5.41) is 3.91. The molecular formula is C22H25FN4O2. The van der Waals surface area contributed by atoms with E-state index in [0.29, 0.717) is 36.8 Å². The van der Waals surface area contributed by atoms with Crippen molar-refractivity contribution in [3.05, 3.63) is 65.8 Å². The van der Waals surface area contributed by atoms with Crippen LogP contribution in [0.5, 0.6) is 0 Å². The van der Waals surface area contributed by atoms with Crippen molar-refractivity contribution in [2.24, 2.45) is 0 Å². The zero-order valence-electron chi connectivity index (χ0n) is 16.9. The maximum atomic E-state index is 13.0. The van der Waals surface area contributed by atoms with Crippen LogP contribution in [0, 0.1) is 5.82 Å². The number of benzene rings is 2. The van der Waals surface area contributed by atoms with E-state index in [1.807, 2.05) is 55.1 Å². The topological polar surface area (TPSA) is 62.5 Å². The first-order valence-electron chi connectivity index (χ1n) is 9.59. The lowest BCUT2D eigenvalue weighted by Gasteiger charge is -2.21. The minimum Gasteiger partial charge on any atom is -0.378 e. The van der Waals surface area contributed by atoms with E-state index >= 15 is 0 Å². The Morgan fingerprint density at radius 2 is 1.76 bits per heavy atom. The van der Waals surface area contributed by atoms with Crippen LogP contribution in [0.2, 0.25) is 0 Å². The number of aryl methyl sites for hydroxylation is 1. The number of halogens is 1. The van der Waals surface area contributed by atoms with Gasteiger partial charge in [-0.05, 0) is 48.9 Å². The van der Waals surface area contributed by atoms with E-state index in [2.05, 4.69) is 10.1 Å². The molecule has 29 heavy (non-hydrogen) atoms. The van der Waals surface area contributed by atoms with E-state index < -0.39 is 0 Å². The van der Waals surface area contributed by atoms with Gasteiger partial charge >= 0.3 is 0 Å². The van der Waals surface area contributed by atoms with Crippen molar-refractivity contribution in [3.63, 3.8) is 0 Å². The highest BCUT2D eigenvalue weighted by Crippen LogP contribution is 2.17. The number of rotatable bonds is 8. The van der Waals surface area contributed by atoms with Crippen LogP contribution in [0.15, 0.2) is 53.1 Å². The molecule has 1 aromatic heterocycles. The minimum absolute atomic E-state index is 0.0331. The number of hydrogen-bond acceptors (Lipinski definition) is 5. The zero-order valence-corrected chi connectivity index (χ0v) is 16.9. The Bertz CT molecular complexity index is 936. The third-order valence-electron chi connectivity index (χ3n) is 4.68. The summed E-state index contributed by atoms with van der Waals surface area (Å²) < 4.78 is 18.3. The molecule has 0 radical (unpaired) electrons. The maximum absolute atomic E-state index is 13.0. The highest BCUT2D eigenvalue weighted by Gasteiger charge is 2.15. The van der Waals surface area contributed by atoms with Crippen molar-refractivity contribution in [3.8, 4) is 11.4 Å². The lowest BCUT2D eigenvalue weighted by Crippen LogP contribution is -2.30. The predicted octanol–water partition coefficient (Wildman–Crippen LogP) is 3.92. The summed E-state index contributed by atoms with van der Waals surface area (Å²) in [5.74, 6) is 0.495. The molecule has 6 nitrogen and oxygen atoms in total. The van der Waals surface area contributed by atoms with Crippen LogP contribution in [-0.2, 0) is 17.8 Å². The van der Waals surface area contributed by atoms with Crippen molar-refractivity contribution < 1.29 is 13.7 Å².